The summed E-state index contributed by atoms with van der Waals surface area (Å²) in [6.45, 7) is 0. The van der Waals surface area contributed by atoms with Gasteiger partial charge < -0.3 is 0 Å². The molecule has 4 heterocycles. The molecule has 0 aliphatic carbocycles. The fourth-order valence-electron chi connectivity index (χ4n) is 2.94. The highest BCUT2D eigenvalue weighted by Gasteiger charge is 2.20. The molecule has 5 rings (SSSR count). The Balaban J connectivity index is 2.06. The molecule has 1 aromatic carbocycles. The molecular weight excluding hydrogens is 336 g/mol. The molecule has 0 unspecified atom stereocenters. The fraction of sp³-hybridized carbons (Fsp3) is 0. The second-order valence-electron chi connectivity index (χ2n) is 5.21. The fourth-order valence-corrected chi connectivity index (χ4v) is 4.48. The lowest BCUT2D eigenvalue weighted by atomic mass is 10.0. The molecule has 0 atom stereocenters. The molecule has 0 saturated carbocycles. The van der Waals surface area contributed by atoms with Crippen molar-refractivity contribution in [1.82, 2.24) is 19.9 Å². The molecule has 0 saturated heterocycles. The highest BCUT2D eigenvalue weighted by molar-refractivity contribution is 7.14. The largest absolute Gasteiger partial charge is 0.252 e. The van der Waals surface area contributed by atoms with Crippen LogP contribution in [0.3, 0.4) is 0 Å². The number of nitrogens with zero attached hydrogens (tertiary/aromatic N) is 4. The zero-order chi connectivity index (χ0) is 15.9. The van der Waals surface area contributed by atoms with Crippen molar-refractivity contribution < 1.29 is 0 Å². The van der Waals surface area contributed by atoms with Crippen LogP contribution in [0.4, 0.5) is 0 Å². The van der Waals surface area contributed by atoms with Crippen LogP contribution < -0.4 is 0 Å². The molecule has 0 N–H and O–H groups in total. The van der Waals surface area contributed by atoms with E-state index in [-0.39, 0.29) is 0 Å². The number of thiophene rings is 2. The maximum absolute atomic E-state index is 4.64. The lowest BCUT2D eigenvalue weighted by Gasteiger charge is -2.12. The first-order chi connectivity index (χ1) is 11.9. The van der Waals surface area contributed by atoms with Gasteiger partial charge in [0.15, 0.2) is 0 Å². The van der Waals surface area contributed by atoms with E-state index in [1.165, 1.54) is 0 Å². The summed E-state index contributed by atoms with van der Waals surface area (Å²) in [7, 11) is 0. The average Bonchev–Trinajstić information content (AvgIpc) is 3.33. The summed E-state index contributed by atoms with van der Waals surface area (Å²) in [5.74, 6) is 0. The summed E-state index contributed by atoms with van der Waals surface area (Å²) in [5.41, 5.74) is 5.51. The molecule has 114 valence electrons. The number of rotatable bonds is 2. The first-order valence-electron chi connectivity index (χ1n) is 7.38. The smallest absolute Gasteiger partial charge is 0.100 e. The summed E-state index contributed by atoms with van der Waals surface area (Å²) in [4.78, 5) is 20.8. The van der Waals surface area contributed by atoms with E-state index in [1.807, 2.05) is 12.1 Å². The summed E-state index contributed by atoms with van der Waals surface area (Å²) >= 11 is 3.35. The number of hydrogen-bond donors (Lipinski definition) is 0. The SMILES string of the molecule is c1csc(-c2c3nccnc3c(-c3cccs3)c3nccnc23)c1. The van der Waals surface area contributed by atoms with Crippen molar-refractivity contribution in [2.75, 3.05) is 0 Å². The molecule has 5 aromatic rings. The van der Waals surface area contributed by atoms with Gasteiger partial charge in [-0.05, 0) is 22.9 Å². The summed E-state index contributed by atoms with van der Waals surface area (Å²) in [5, 5.41) is 4.12. The van der Waals surface area contributed by atoms with E-state index in [2.05, 4.69) is 42.8 Å². The molecule has 0 spiro atoms. The van der Waals surface area contributed by atoms with Crippen molar-refractivity contribution in [3.05, 3.63) is 59.8 Å². The molecule has 0 amide bonds. The van der Waals surface area contributed by atoms with Crippen LogP contribution in [-0.2, 0) is 0 Å². The zero-order valence-corrected chi connectivity index (χ0v) is 14.0. The van der Waals surface area contributed by atoms with E-state index >= 15 is 0 Å². The number of fused-ring (bicyclic) bond motifs is 2. The minimum Gasteiger partial charge on any atom is -0.252 e. The van der Waals surface area contributed by atoms with Gasteiger partial charge in [0.25, 0.3) is 0 Å². The van der Waals surface area contributed by atoms with Gasteiger partial charge in [0.1, 0.15) is 22.1 Å². The van der Waals surface area contributed by atoms with Crippen LogP contribution in [0.25, 0.3) is 42.9 Å². The molecule has 0 radical (unpaired) electrons. The Kier molecular flexibility index (Phi) is 3.11. The Morgan fingerprint density at radius 1 is 0.542 bits per heavy atom. The maximum Gasteiger partial charge on any atom is 0.100 e. The van der Waals surface area contributed by atoms with Gasteiger partial charge in [-0.3, -0.25) is 19.9 Å². The van der Waals surface area contributed by atoms with Crippen molar-refractivity contribution in [3.63, 3.8) is 0 Å². The minimum absolute atomic E-state index is 0.872. The van der Waals surface area contributed by atoms with Crippen LogP contribution in [-0.4, -0.2) is 19.9 Å². The van der Waals surface area contributed by atoms with Gasteiger partial charge in [0, 0.05) is 45.7 Å². The summed E-state index contributed by atoms with van der Waals surface area (Å²) < 4.78 is 0. The van der Waals surface area contributed by atoms with Crippen molar-refractivity contribution in [3.8, 4) is 20.9 Å². The predicted molar refractivity (Wildman–Crippen MR) is 99.3 cm³/mol. The molecule has 0 bridgehead atoms. The van der Waals surface area contributed by atoms with E-state index < -0.39 is 0 Å². The molecule has 24 heavy (non-hydrogen) atoms. The van der Waals surface area contributed by atoms with Gasteiger partial charge in [-0.2, -0.15) is 0 Å². The number of hydrogen-bond acceptors (Lipinski definition) is 6. The van der Waals surface area contributed by atoms with E-state index in [1.54, 1.807) is 47.5 Å². The van der Waals surface area contributed by atoms with E-state index in [9.17, 15) is 0 Å². The van der Waals surface area contributed by atoms with E-state index in [4.69, 9.17) is 0 Å². The number of aromatic nitrogens is 4. The summed E-state index contributed by atoms with van der Waals surface area (Å²) in [6.07, 6.45) is 6.94. The van der Waals surface area contributed by atoms with Crippen LogP contribution in [0.5, 0.6) is 0 Å². The van der Waals surface area contributed by atoms with E-state index in [0.717, 1.165) is 42.9 Å². The average molecular weight is 346 g/mol. The Hall–Kier alpha value is -2.70. The molecule has 4 aromatic heterocycles. The van der Waals surface area contributed by atoms with Crippen LogP contribution >= 0.6 is 22.7 Å². The highest BCUT2D eigenvalue weighted by atomic mass is 32.1. The standard InChI is InChI=1S/C18H10N4S2/c1-3-11(23-9-1)13-15-17(21-7-5-19-15)14(12-4-2-10-24-12)18-16(13)20-6-8-22-18/h1-10H. The molecule has 6 heteroatoms. The van der Waals surface area contributed by atoms with Crippen LogP contribution in [0.15, 0.2) is 59.8 Å². The molecule has 0 aliphatic rings. The van der Waals surface area contributed by atoms with Crippen molar-refractivity contribution in [2.24, 2.45) is 0 Å². The van der Waals surface area contributed by atoms with Crippen molar-refractivity contribution in [1.29, 1.82) is 0 Å². The van der Waals surface area contributed by atoms with Gasteiger partial charge in [0.2, 0.25) is 0 Å². The zero-order valence-electron chi connectivity index (χ0n) is 12.4. The highest BCUT2D eigenvalue weighted by Crippen LogP contribution is 2.42. The molecular formula is C18H10N4S2. The third-order valence-corrected chi connectivity index (χ3v) is 5.65. The van der Waals surface area contributed by atoms with Gasteiger partial charge in [-0.15, -0.1) is 22.7 Å². The van der Waals surface area contributed by atoms with E-state index in [0.29, 0.717) is 0 Å². The molecule has 0 aliphatic heterocycles. The van der Waals surface area contributed by atoms with Gasteiger partial charge >= 0.3 is 0 Å². The minimum atomic E-state index is 0.872. The van der Waals surface area contributed by atoms with Crippen LogP contribution in [0.1, 0.15) is 0 Å². The lowest BCUT2D eigenvalue weighted by Crippen LogP contribution is -1.95. The first-order valence-corrected chi connectivity index (χ1v) is 9.14. The first kappa shape index (κ1) is 13.7. The third-order valence-electron chi connectivity index (χ3n) is 3.88. The third kappa shape index (κ3) is 1.97. The molecule has 4 nitrogen and oxygen atoms in total. The normalized spacial score (nSPS) is 11.3. The van der Waals surface area contributed by atoms with Gasteiger partial charge in [-0.25, -0.2) is 0 Å². The van der Waals surface area contributed by atoms with Crippen LogP contribution in [0, 0.1) is 0 Å². The summed E-state index contributed by atoms with van der Waals surface area (Å²) in [6, 6.07) is 8.26. The maximum atomic E-state index is 4.64. The quantitative estimate of drug-likeness (QED) is 0.421. The Morgan fingerprint density at radius 3 is 1.21 bits per heavy atom. The van der Waals surface area contributed by atoms with Gasteiger partial charge in [-0.1, -0.05) is 12.1 Å². The lowest BCUT2D eigenvalue weighted by molar-refractivity contribution is 1.27. The second-order valence-corrected chi connectivity index (χ2v) is 7.11. The Bertz CT molecular complexity index is 1000. The second kappa shape index (κ2) is 5.43. The van der Waals surface area contributed by atoms with Crippen molar-refractivity contribution in [2.45, 2.75) is 0 Å². The van der Waals surface area contributed by atoms with Crippen molar-refractivity contribution >= 4 is 44.7 Å². The Morgan fingerprint density at radius 2 is 0.917 bits per heavy atom. The topological polar surface area (TPSA) is 51.6 Å². The van der Waals surface area contributed by atoms with Gasteiger partial charge in [0.05, 0.1) is 0 Å². The Labute approximate surface area is 145 Å². The number of benzene rings is 1. The van der Waals surface area contributed by atoms with Crippen LogP contribution in [0.2, 0.25) is 0 Å². The molecule has 0 fully saturated rings. The predicted octanol–water partition coefficient (Wildman–Crippen LogP) is 5.03. The monoisotopic (exact) mass is 346 g/mol.